The van der Waals surface area contributed by atoms with Crippen molar-refractivity contribution in [1.29, 1.82) is 0 Å². The lowest BCUT2D eigenvalue weighted by Crippen LogP contribution is -2.30. The largest absolute Gasteiger partial charge is 0.368 e. The molecular weight excluding hydrogens is 296 g/mol. The van der Waals surface area contributed by atoms with Crippen molar-refractivity contribution >= 4 is 21.6 Å². The summed E-state index contributed by atoms with van der Waals surface area (Å²) in [4.78, 5) is 14.2. The summed E-state index contributed by atoms with van der Waals surface area (Å²) in [6.45, 7) is 4.45. The molecule has 0 aliphatic carbocycles. The first-order chi connectivity index (χ1) is 8.63. The Morgan fingerprint density at radius 1 is 1.61 bits per heavy atom. The maximum absolute atomic E-state index is 12.1. The average Bonchev–Trinajstić information content (AvgIpc) is 2.78. The Bertz CT molecular complexity index is 474. The Morgan fingerprint density at radius 2 is 2.39 bits per heavy atom. The molecule has 1 fully saturated rings. The molecule has 18 heavy (non-hydrogen) atoms. The Morgan fingerprint density at radius 3 is 3.00 bits per heavy atom. The predicted molar refractivity (Wildman–Crippen MR) is 75.9 cm³/mol. The lowest BCUT2D eigenvalue weighted by Gasteiger charge is -2.19. The maximum Gasteiger partial charge on any atom is 0.283 e. The summed E-state index contributed by atoms with van der Waals surface area (Å²) in [6.07, 6.45) is 4.74. The number of nitrogens with zero attached hydrogens (tertiary/aromatic N) is 3. The molecule has 5 nitrogen and oxygen atoms in total. The minimum atomic E-state index is -0.0542. The lowest BCUT2D eigenvalue weighted by molar-refractivity contribution is 0.540. The summed E-state index contributed by atoms with van der Waals surface area (Å²) in [6, 6.07) is 0.194. The summed E-state index contributed by atoms with van der Waals surface area (Å²) < 4.78 is 2.12. The van der Waals surface area contributed by atoms with E-state index in [4.69, 9.17) is 5.73 Å². The van der Waals surface area contributed by atoms with Crippen LogP contribution in [0.15, 0.2) is 15.5 Å². The van der Waals surface area contributed by atoms with Gasteiger partial charge in [0.1, 0.15) is 4.47 Å². The fraction of sp³-hybridized carbons (Fsp3) is 0.667. The molecule has 2 rings (SSSR count). The van der Waals surface area contributed by atoms with E-state index in [1.807, 2.05) is 0 Å². The second kappa shape index (κ2) is 5.84. The molecule has 0 amide bonds. The molecule has 100 valence electrons. The highest BCUT2D eigenvalue weighted by Gasteiger charge is 2.22. The second-order valence-corrected chi connectivity index (χ2v) is 5.51. The molecule has 1 aromatic heterocycles. The molecule has 6 heteroatoms. The van der Waals surface area contributed by atoms with Crippen molar-refractivity contribution in [2.45, 2.75) is 38.8 Å². The normalized spacial score (nSPS) is 19.5. The molecule has 0 bridgehead atoms. The summed E-state index contributed by atoms with van der Waals surface area (Å²) in [5, 5.41) is 4.24. The number of hydrogen-bond acceptors (Lipinski definition) is 4. The number of rotatable bonds is 4. The van der Waals surface area contributed by atoms with Gasteiger partial charge < -0.3 is 10.6 Å². The molecule has 2 N–H and O–H groups in total. The molecular formula is C12H19BrN4O. The highest BCUT2D eigenvalue weighted by molar-refractivity contribution is 9.10. The van der Waals surface area contributed by atoms with Gasteiger partial charge >= 0.3 is 0 Å². The molecule has 0 radical (unpaired) electrons. The average molecular weight is 315 g/mol. The van der Waals surface area contributed by atoms with Gasteiger partial charge in [0.25, 0.3) is 5.56 Å². The summed E-state index contributed by atoms with van der Waals surface area (Å²) in [5.74, 6) is 0. The van der Waals surface area contributed by atoms with Gasteiger partial charge in [-0.1, -0.05) is 13.3 Å². The van der Waals surface area contributed by atoms with Crippen molar-refractivity contribution in [2.75, 3.05) is 18.0 Å². The Balaban J connectivity index is 2.23. The molecule has 1 aromatic rings. The number of unbranched alkanes of at least 4 members (excludes halogenated alkanes) is 1. The number of halogens is 1. The zero-order valence-electron chi connectivity index (χ0n) is 10.6. The van der Waals surface area contributed by atoms with Crippen LogP contribution in [0.25, 0.3) is 0 Å². The van der Waals surface area contributed by atoms with Crippen LogP contribution < -0.4 is 16.2 Å². The molecule has 1 unspecified atom stereocenters. The quantitative estimate of drug-likeness (QED) is 0.911. The van der Waals surface area contributed by atoms with Crippen molar-refractivity contribution in [3.8, 4) is 0 Å². The maximum atomic E-state index is 12.1. The molecule has 1 aliphatic rings. The monoisotopic (exact) mass is 314 g/mol. The van der Waals surface area contributed by atoms with Gasteiger partial charge in [-0.3, -0.25) is 4.79 Å². The fourth-order valence-corrected chi connectivity index (χ4v) is 2.71. The van der Waals surface area contributed by atoms with Gasteiger partial charge in [0, 0.05) is 25.7 Å². The van der Waals surface area contributed by atoms with E-state index in [1.54, 1.807) is 6.20 Å². The Labute approximate surface area is 115 Å². The molecule has 1 atom stereocenters. The van der Waals surface area contributed by atoms with Gasteiger partial charge in [0.05, 0.1) is 11.9 Å². The third-order valence-corrected chi connectivity index (χ3v) is 4.00. The van der Waals surface area contributed by atoms with Crippen LogP contribution in [-0.4, -0.2) is 28.9 Å². The van der Waals surface area contributed by atoms with Gasteiger partial charge in [-0.2, -0.15) is 5.10 Å². The van der Waals surface area contributed by atoms with Crippen LogP contribution in [0.2, 0.25) is 0 Å². The van der Waals surface area contributed by atoms with Crippen molar-refractivity contribution in [3.05, 3.63) is 21.0 Å². The van der Waals surface area contributed by atoms with Gasteiger partial charge in [-0.05, 0) is 28.8 Å². The van der Waals surface area contributed by atoms with Crippen molar-refractivity contribution in [1.82, 2.24) is 9.78 Å². The molecule has 2 heterocycles. The number of aryl methyl sites for hydroxylation is 1. The van der Waals surface area contributed by atoms with Crippen LogP contribution in [0.4, 0.5) is 5.69 Å². The van der Waals surface area contributed by atoms with Crippen molar-refractivity contribution in [3.63, 3.8) is 0 Å². The van der Waals surface area contributed by atoms with E-state index in [9.17, 15) is 4.79 Å². The van der Waals surface area contributed by atoms with Gasteiger partial charge in [0.2, 0.25) is 0 Å². The first kappa shape index (κ1) is 13.5. The smallest absolute Gasteiger partial charge is 0.283 e. The van der Waals surface area contributed by atoms with E-state index in [-0.39, 0.29) is 11.6 Å². The standard InChI is InChI=1S/C12H19BrN4O/c1-2-3-5-17-12(18)11(13)10(7-15-17)16-6-4-9(14)8-16/h7,9H,2-6,8,14H2,1H3. The number of anilines is 1. The van der Waals surface area contributed by atoms with Crippen LogP contribution in [0.1, 0.15) is 26.2 Å². The molecule has 0 spiro atoms. The molecule has 1 aliphatic heterocycles. The summed E-state index contributed by atoms with van der Waals surface area (Å²) >= 11 is 3.40. The van der Waals surface area contributed by atoms with E-state index >= 15 is 0 Å². The van der Waals surface area contributed by atoms with E-state index in [0.29, 0.717) is 11.0 Å². The van der Waals surface area contributed by atoms with Gasteiger partial charge in [0.15, 0.2) is 0 Å². The Kier molecular flexibility index (Phi) is 4.40. The van der Waals surface area contributed by atoms with Crippen LogP contribution in [0.5, 0.6) is 0 Å². The van der Waals surface area contributed by atoms with E-state index in [2.05, 4.69) is 32.9 Å². The first-order valence-corrected chi connectivity index (χ1v) is 7.19. The van der Waals surface area contributed by atoms with Crippen LogP contribution in [0, 0.1) is 0 Å². The molecule has 0 aromatic carbocycles. The van der Waals surface area contributed by atoms with Crippen LogP contribution in [-0.2, 0) is 6.54 Å². The highest BCUT2D eigenvalue weighted by atomic mass is 79.9. The summed E-state index contributed by atoms with van der Waals surface area (Å²) in [5.41, 5.74) is 6.69. The lowest BCUT2D eigenvalue weighted by atomic mass is 10.3. The van der Waals surface area contributed by atoms with Crippen LogP contribution in [0.3, 0.4) is 0 Å². The minimum absolute atomic E-state index is 0.0542. The van der Waals surface area contributed by atoms with Gasteiger partial charge in [-0.15, -0.1) is 0 Å². The topological polar surface area (TPSA) is 64.2 Å². The minimum Gasteiger partial charge on any atom is -0.368 e. The third-order valence-electron chi connectivity index (χ3n) is 3.26. The number of nitrogens with two attached hydrogens (primary N) is 1. The zero-order valence-corrected chi connectivity index (χ0v) is 12.2. The SMILES string of the molecule is CCCCn1ncc(N2CCC(N)C2)c(Br)c1=O. The van der Waals surface area contributed by atoms with Gasteiger partial charge in [-0.25, -0.2) is 4.68 Å². The zero-order chi connectivity index (χ0) is 13.1. The fourth-order valence-electron chi connectivity index (χ4n) is 2.15. The predicted octanol–water partition coefficient (Wildman–Crippen LogP) is 1.34. The molecule has 0 saturated carbocycles. The third kappa shape index (κ3) is 2.75. The van der Waals surface area contributed by atoms with E-state index in [0.717, 1.165) is 38.0 Å². The highest BCUT2D eigenvalue weighted by Crippen LogP contribution is 2.24. The number of hydrogen-bond donors (Lipinski definition) is 1. The second-order valence-electron chi connectivity index (χ2n) is 4.72. The molecule has 1 saturated heterocycles. The Hall–Kier alpha value is -0.880. The summed E-state index contributed by atoms with van der Waals surface area (Å²) in [7, 11) is 0. The van der Waals surface area contributed by atoms with Crippen LogP contribution >= 0.6 is 15.9 Å². The van der Waals surface area contributed by atoms with E-state index in [1.165, 1.54) is 4.68 Å². The number of aromatic nitrogens is 2. The van der Waals surface area contributed by atoms with Crippen molar-refractivity contribution in [2.24, 2.45) is 5.73 Å². The van der Waals surface area contributed by atoms with E-state index < -0.39 is 0 Å². The first-order valence-electron chi connectivity index (χ1n) is 6.39. The van der Waals surface area contributed by atoms with Crippen molar-refractivity contribution < 1.29 is 0 Å².